The third-order valence-electron chi connectivity index (χ3n) is 2.99. The van der Waals surface area contributed by atoms with E-state index in [9.17, 15) is 4.79 Å². The summed E-state index contributed by atoms with van der Waals surface area (Å²) in [7, 11) is 0. The highest BCUT2D eigenvalue weighted by molar-refractivity contribution is 5.88. The van der Waals surface area contributed by atoms with E-state index in [4.69, 9.17) is 9.15 Å². The molecule has 0 aliphatic carbocycles. The Labute approximate surface area is 126 Å². The first-order chi connectivity index (χ1) is 10.6. The van der Waals surface area contributed by atoms with Crippen molar-refractivity contribution in [3.63, 3.8) is 0 Å². The monoisotopic (exact) mass is 298 g/mol. The molecule has 0 aliphatic heterocycles. The molecule has 0 aromatic carbocycles. The van der Waals surface area contributed by atoms with E-state index in [-0.39, 0.29) is 12.3 Å². The summed E-state index contributed by atoms with van der Waals surface area (Å²) in [4.78, 5) is 20.1. The molecule has 3 aromatic heterocycles. The first kappa shape index (κ1) is 14.0. The van der Waals surface area contributed by atoms with E-state index in [1.807, 2.05) is 13.0 Å². The van der Waals surface area contributed by atoms with Crippen LogP contribution in [0.2, 0.25) is 0 Å². The number of aromatic nitrogens is 4. The van der Waals surface area contributed by atoms with Crippen LogP contribution < -0.4 is 0 Å². The number of aryl methyl sites for hydroxylation is 2. The summed E-state index contributed by atoms with van der Waals surface area (Å²) in [5.74, 6) is 1.55. The Kier molecular flexibility index (Phi) is 3.69. The Morgan fingerprint density at radius 2 is 2.05 bits per heavy atom. The van der Waals surface area contributed by atoms with Gasteiger partial charge in [0.15, 0.2) is 5.76 Å². The number of hydrogen-bond acceptors (Lipinski definition) is 6. The van der Waals surface area contributed by atoms with Crippen molar-refractivity contribution < 1.29 is 13.9 Å². The average Bonchev–Trinajstić information content (AvgIpc) is 3.15. The highest BCUT2D eigenvalue weighted by Crippen LogP contribution is 2.20. The van der Waals surface area contributed by atoms with Crippen LogP contribution in [-0.2, 0) is 11.3 Å². The number of aromatic amines is 1. The Balaban J connectivity index is 1.65. The summed E-state index contributed by atoms with van der Waals surface area (Å²) in [5, 5.41) is 6.69. The van der Waals surface area contributed by atoms with Crippen molar-refractivity contribution in [1.29, 1.82) is 0 Å². The van der Waals surface area contributed by atoms with Crippen LogP contribution in [0.25, 0.3) is 11.5 Å². The zero-order valence-electron chi connectivity index (χ0n) is 12.2. The number of hydrogen-bond donors (Lipinski definition) is 1. The van der Waals surface area contributed by atoms with Crippen LogP contribution in [0.4, 0.5) is 0 Å². The standard InChI is InChI=1S/C15H14N4O3/c1-9-3-4-14(22-9)12-5-13(19-18-12)15(20)21-8-11-6-16-10(2)17-7-11/h3-7H,8H2,1-2H3,(H,18,19). The van der Waals surface area contributed by atoms with Crippen LogP contribution in [0.15, 0.2) is 35.0 Å². The first-order valence-corrected chi connectivity index (χ1v) is 6.68. The SMILES string of the molecule is Cc1ncc(COC(=O)c2cc(-c3ccc(C)o3)n[nH]2)cn1. The quantitative estimate of drug-likeness (QED) is 0.743. The lowest BCUT2D eigenvalue weighted by Gasteiger charge is -2.02. The molecule has 7 heteroatoms. The maximum atomic E-state index is 12.0. The molecule has 0 aliphatic rings. The van der Waals surface area contributed by atoms with Crippen molar-refractivity contribution in [2.24, 2.45) is 0 Å². The van der Waals surface area contributed by atoms with Gasteiger partial charge in [-0.1, -0.05) is 0 Å². The molecule has 0 radical (unpaired) electrons. The number of nitrogens with one attached hydrogen (secondary N) is 1. The third-order valence-corrected chi connectivity index (χ3v) is 2.99. The lowest BCUT2D eigenvalue weighted by molar-refractivity contribution is 0.0465. The predicted octanol–water partition coefficient (Wildman–Crippen LogP) is 2.43. The summed E-state index contributed by atoms with van der Waals surface area (Å²) < 4.78 is 10.6. The van der Waals surface area contributed by atoms with E-state index in [0.29, 0.717) is 17.3 Å². The molecule has 0 spiro atoms. The fourth-order valence-corrected chi connectivity index (χ4v) is 1.85. The van der Waals surface area contributed by atoms with Gasteiger partial charge in [0.2, 0.25) is 0 Å². The Hall–Kier alpha value is -2.96. The van der Waals surface area contributed by atoms with Crippen LogP contribution >= 0.6 is 0 Å². The lowest BCUT2D eigenvalue weighted by atomic mass is 10.3. The molecule has 0 bridgehead atoms. The maximum absolute atomic E-state index is 12.0. The van der Waals surface area contributed by atoms with Crippen molar-refractivity contribution in [1.82, 2.24) is 20.2 Å². The van der Waals surface area contributed by atoms with E-state index in [0.717, 1.165) is 11.3 Å². The number of carbonyl (C=O) groups excluding carboxylic acids is 1. The molecule has 22 heavy (non-hydrogen) atoms. The fourth-order valence-electron chi connectivity index (χ4n) is 1.85. The van der Waals surface area contributed by atoms with Crippen LogP contribution in [0.1, 0.15) is 27.6 Å². The van der Waals surface area contributed by atoms with Gasteiger partial charge in [0, 0.05) is 24.0 Å². The third kappa shape index (κ3) is 3.03. The average molecular weight is 298 g/mol. The van der Waals surface area contributed by atoms with Crippen LogP contribution in [0, 0.1) is 13.8 Å². The van der Waals surface area contributed by atoms with Gasteiger partial charge in [0.1, 0.15) is 29.6 Å². The molecule has 0 saturated carbocycles. The first-order valence-electron chi connectivity index (χ1n) is 6.68. The minimum absolute atomic E-state index is 0.104. The number of esters is 1. The van der Waals surface area contributed by atoms with Gasteiger partial charge in [-0.25, -0.2) is 14.8 Å². The number of rotatable bonds is 4. The number of ether oxygens (including phenoxy) is 1. The number of furan rings is 1. The molecule has 0 saturated heterocycles. The van der Waals surface area contributed by atoms with Gasteiger partial charge < -0.3 is 9.15 Å². The van der Waals surface area contributed by atoms with E-state index < -0.39 is 5.97 Å². The predicted molar refractivity (Wildman–Crippen MR) is 76.9 cm³/mol. The topological polar surface area (TPSA) is 93.9 Å². The highest BCUT2D eigenvalue weighted by Gasteiger charge is 2.14. The molecule has 0 atom stereocenters. The van der Waals surface area contributed by atoms with Crippen LogP contribution in [0.5, 0.6) is 0 Å². The molecule has 7 nitrogen and oxygen atoms in total. The number of carbonyl (C=O) groups is 1. The molecular weight excluding hydrogens is 284 g/mol. The molecule has 3 heterocycles. The minimum Gasteiger partial charge on any atom is -0.460 e. The van der Waals surface area contributed by atoms with Crippen molar-refractivity contribution >= 4 is 5.97 Å². The normalized spacial score (nSPS) is 10.6. The van der Waals surface area contributed by atoms with E-state index in [1.54, 1.807) is 31.5 Å². The van der Waals surface area contributed by atoms with Crippen molar-refractivity contribution in [3.05, 3.63) is 53.4 Å². The van der Waals surface area contributed by atoms with Crippen molar-refractivity contribution in [2.45, 2.75) is 20.5 Å². The molecule has 0 amide bonds. The lowest BCUT2D eigenvalue weighted by Crippen LogP contribution is -2.06. The van der Waals surface area contributed by atoms with E-state index >= 15 is 0 Å². The molecular formula is C15H14N4O3. The van der Waals surface area contributed by atoms with E-state index in [1.165, 1.54) is 0 Å². The van der Waals surface area contributed by atoms with Crippen LogP contribution in [-0.4, -0.2) is 26.1 Å². The summed E-state index contributed by atoms with van der Waals surface area (Å²) >= 11 is 0. The molecule has 3 aromatic rings. The van der Waals surface area contributed by atoms with Gasteiger partial charge in [-0.3, -0.25) is 5.10 Å². The highest BCUT2D eigenvalue weighted by atomic mass is 16.5. The van der Waals surface area contributed by atoms with Gasteiger partial charge in [-0.2, -0.15) is 5.10 Å². The largest absolute Gasteiger partial charge is 0.460 e. The molecule has 0 fully saturated rings. The van der Waals surface area contributed by atoms with Crippen molar-refractivity contribution in [3.8, 4) is 11.5 Å². The molecule has 1 N–H and O–H groups in total. The van der Waals surface area contributed by atoms with Gasteiger partial charge in [0.25, 0.3) is 0 Å². The summed E-state index contributed by atoms with van der Waals surface area (Å²) in [6.07, 6.45) is 3.25. The van der Waals surface area contributed by atoms with E-state index in [2.05, 4.69) is 20.2 Å². The smallest absolute Gasteiger partial charge is 0.356 e. The van der Waals surface area contributed by atoms with Crippen LogP contribution in [0.3, 0.4) is 0 Å². The molecule has 0 unspecified atom stereocenters. The Morgan fingerprint density at radius 3 is 2.73 bits per heavy atom. The second-order valence-electron chi connectivity index (χ2n) is 4.79. The van der Waals surface area contributed by atoms with Gasteiger partial charge in [0.05, 0.1) is 0 Å². The Bertz CT molecular complexity index is 789. The summed E-state index contributed by atoms with van der Waals surface area (Å²) in [6.45, 7) is 3.74. The maximum Gasteiger partial charge on any atom is 0.356 e. The Morgan fingerprint density at radius 1 is 1.27 bits per heavy atom. The second-order valence-corrected chi connectivity index (χ2v) is 4.79. The minimum atomic E-state index is -0.498. The van der Waals surface area contributed by atoms with Gasteiger partial charge in [-0.05, 0) is 26.0 Å². The number of H-pyrrole nitrogens is 1. The van der Waals surface area contributed by atoms with Gasteiger partial charge in [-0.15, -0.1) is 0 Å². The summed E-state index contributed by atoms with van der Waals surface area (Å²) in [6, 6.07) is 5.22. The number of nitrogens with zero attached hydrogens (tertiary/aromatic N) is 3. The summed E-state index contributed by atoms with van der Waals surface area (Å²) in [5.41, 5.74) is 1.54. The molecule has 3 rings (SSSR count). The zero-order chi connectivity index (χ0) is 15.5. The van der Waals surface area contributed by atoms with Gasteiger partial charge >= 0.3 is 5.97 Å². The second kappa shape index (κ2) is 5.80. The molecule has 112 valence electrons. The fraction of sp³-hybridized carbons (Fsp3) is 0.200. The van der Waals surface area contributed by atoms with Crippen molar-refractivity contribution in [2.75, 3.05) is 0 Å². The zero-order valence-corrected chi connectivity index (χ0v) is 12.2.